The van der Waals surface area contributed by atoms with Gasteiger partial charge in [0.1, 0.15) is 11.9 Å². The molecule has 0 N–H and O–H groups in total. The van der Waals surface area contributed by atoms with Crippen LogP contribution in [-0.2, 0) is 6.42 Å². The topological polar surface area (TPSA) is 38.5 Å². The second kappa shape index (κ2) is 4.66. The molecular weight excluding hydrogens is 192 g/mol. The zero-order valence-electron chi connectivity index (χ0n) is 9.40. The van der Waals surface area contributed by atoms with Crippen molar-refractivity contribution in [2.75, 3.05) is 20.1 Å². The average molecular weight is 210 g/mol. The van der Waals surface area contributed by atoms with E-state index in [0.29, 0.717) is 12.0 Å². The highest BCUT2D eigenvalue weighted by molar-refractivity contribution is 5.11. The maximum atomic E-state index is 5.75. The van der Waals surface area contributed by atoms with E-state index < -0.39 is 0 Å². The molecule has 1 aliphatic heterocycles. The quantitative estimate of drug-likeness (QED) is 0.761. The van der Waals surface area contributed by atoms with Crippen molar-refractivity contribution in [2.24, 2.45) is 0 Å². The Bertz CT molecular complexity index is 303. The van der Waals surface area contributed by atoms with Gasteiger partial charge < -0.3 is 14.2 Å². The molecule has 2 heterocycles. The van der Waals surface area contributed by atoms with Crippen molar-refractivity contribution in [3.8, 4) is 5.88 Å². The Labute approximate surface area is 90.2 Å². The predicted octanol–water partition coefficient (Wildman–Crippen LogP) is 1.71. The van der Waals surface area contributed by atoms with Crippen LogP contribution in [0.25, 0.3) is 0 Å². The first-order valence-electron chi connectivity index (χ1n) is 5.58. The lowest BCUT2D eigenvalue weighted by Crippen LogP contribution is -2.35. The van der Waals surface area contributed by atoms with Gasteiger partial charge >= 0.3 is 0 Å². The molecule has 1 aromatic heterocycles. The van der Waals surface area contributed by atoms with E-state index in [2.05, 4.69) is 17.1 Å². The summed E-state index contributed by atoms with van der Waals surface area (Å²) in [6, 6.07) is 1.89. The number of rotatable bonds is 3. The van der Waals surface area contributed by atoms with E-state index in [0.717, 1.165) is 38.1 Å². The molecule has 0 unspecified atom stereocenters. The van der Waals surface area contributed by atoms with Crippen molar-refractivity contribution in [1.82, 2.24) is 10.1 Å². The monoisotopic (exact) mass is 210 g/mol. The Hall–Kier alpha value is -1.03. The number of hydrogen-bond donors (Lipinski definition) is 0. The molecular formula is C11H18N2O2. The number of likely N-dealkylation sites (tertiary alicyclic amines) is 1. The van der Waals surface area contributed by atoms with Gasteiger partial charge in [0.2, 0.25) is 0 Å². The lowest BCUT2D eigenvalue weighted by atomic mass is 10.1. The summed E-state index contributed by atoms with van der Waals surface area (Å²) in [5.74, 6) is 1.53. The summed E-state index contributed by atoms with van der Waals surface area (Å²) >= 11 is 0. The van der Waals surface area contributed by atoms with E-state index in [1.54, 1.807) is 0 Å². The summed E-state index contributed by atoms with van der Waals surface area (Å²) in [4.78, 5) is 2.32. The van der Waals surface area contributed by atoms with Gasteiger partial charge in [0.25, 0.3) is 5.88 Å². The molecule has 15 heavy (non-hydrogen) atoms. The minimum atomic E-state index is 0.302. The number of nitrogens with zero attached hydrogens (tertiary/aromatic N) is 2. The molecule has 0 saturated carbocycles. The normalized spacial score (nSPS) is 19.3. The largest absolute Gasteiger partial charge is 0.472 e. The third-order valence-corrected chi connectivity index (χ3v) is 2.84. The highest BCUT2D eigenvalue weighted by Gasteiger charge is 2.19. The molecule has 0 aromatic carbocycles. The van der Waals surface area contributed by atoms with Gasteiger partial charge in [-0.05, 0) is 25.0 Å². The van der Waals surface area contributed by atoms with Crippen LogP contribution in [0, 0.1) is 0 Å². The number of piperidine rings is 1. The van der Waals surface area contributed by atoms with Crippen LogP contribution in [-0.4, -0.2) is 36.3 Å². The molecule has 4 nitrogen and oxygen atoms in total. The molecule has 0 aliphatic carbocycles. The molecule has 1 saturated heterocycles. The Morgan fingerprint density at radius 2 is 2.27 bits per heavy atom. The number of aromatic nitrogens is 1. The maximum absolute atomic E-state index is 5.75. The van der Waals surface area contributed by atoms with E-state index in [9.17, 15) is 0 Å². The van der Waals surface area contributed by atoms with E-state index in [-0.39, 0.29) is 0 Å². The third kappa shape index (κ3) is 2.72. The van der Waals surface area contributed by atoms with Crippen molar-refractivity contribution in [3.63, 3.8) is 0 Å². The molecule has 0 radical (unpaired) electrons. The zero-order chi connectivity index (χ0) is 10.7. The summed E-state index contributed by atoms with van der Waals surface area (Å²) in [5.41, 5.74) is 0. The Morgan fingerprint density at radius 1 is 1.53 bits per heavy atom. The first-order valence-corrected chi connectivity index (χ1v) is 5.58. The fraction of sp³-hybridized carbons (Fsp3) is 0.727. The highest BCUT2D eigenvalue weighted by atomic mass is 16.5. The first kappa shape index (κ1) is 10.5. The molecule has 1 aromatic rings. The molecule has 0 amide bonds. The van der Waals surface area contributed by atoms with Crippen LogP contribution >= 0.6 is 0 Å². The van der Waals surface area contributed by atoms with Gasteiger partial charge in [-0.3, -0.25) is 0 Å². The molecule has 0 spiro atoms. The van der Waals surface area contributed by atoms with Crippen molar-refractivity contribution >= 4 is 0 Å². The number of ether oxygens (including phenoxy) is 1. The maximum Gasteiger partial charge on any atom is 0.254 e. The third-order valence-electron chi connectivity index (χ3n) is 2.84. The first-order chi connectivity index (χ1) is 7.28. The van der Waals surface area contributed by atoms with Gasteiger partial charge in [-0.15, -0.1) is 0 Å². The van der Waals surface area contributed by atoms with Crippen LogP contribution < -0.4 is 4.74 Å². The van der Waals surface area contributed by atoms with Gasteiger partial charge in [0, 0.05) is 25.6 Å². The van der Waals surface area contributed by atoms with Crippen LogP contribution in [0.2, 0.25) is 0 Å². The van der Waals surface area contributed by atoms with Gasteiger partial charge in [-0.1, -0.05) is 6.92 Å². The zero-order valence-corrected chi connectivity index (χ0v) is 9.40. The van der Waals surface area contributed by atoms with Crippen LogP contribution in [0.3, 0.4) is 0 Å². The van der Waals surface area contributed by atoms with E-state index >= 15 is 0 Å². The summed E-state index contributed by atoms with van der Waals surface area (Å²) in [6.45, 7) is 4.24. The smallest absolute Gasteiger partial charge is 0.254 e. The molecule has 1 fully saturated rings. The van der Waals surface area contributed by atoms with E-state index in [4.69, 9.17) is 9.26 Å². The standard InChI is InChI=1S/C11H18N2O2/c1-3-9-8-11(12-15-9)14-10-4-6-13(2)7-5-10/h8,10H,3-7H2,1-2H3. The van der Waals surface area contributed by atoms with Gasteiger partial charge in [0.05, 0.1) is 0 Å². The molecule has 4 heteroatoms. The minimum Gasteiger partial charge on any atom is -0.472 e. The van der Waals surface area contributed by atoms with Crippen LogP contribution in [0.15, 0.2) is 10.6 Å². The Balaban J connectivity index is 1.86. The molecule has 2 rings (SSSR count). The molecule has 0 bridgehead atoms. The minimum absolute atomic E-state index is 0.302. The van der Waals surface area contributed by atoms with Gasteiger partial charge in [-0.2, -0.15) is 0 Å². The lowest BCUT2D eigenvalue weighted by Gasteiger charge is -2.28. The summed E-state index contributed by atoms with van der Waals surface area (Å²) in [7, 11) is 2.14. The van der Waals surface area contributed by atoms with Crippen molar-refractivity contribution in [2.45, 2.75) is 32.3 Å². The highest BCUT2D eigenvalue weighted by Crippen LogP contribution is 2.18. The molecule has 0 atom stereocenters. The molecule has 84 valence electrons. The summed E-state index contributed by atoms with van der Waals surface area (Å²) < 4.78 is 10.8. The fourth-order valence-corrected chi connectivity index (χ4v) is 1.79. The van der Waals surface area contributed by atoms with Gasteiger partial charge in [-0.25, -0.2) is 0 Å². The van der Waals surface area contributed by atoms with Crippen molar-refractivity contribution in [1.29, 1.82) is 0 Å². The van der Waals surface area contributed by atoms with Crippen LogP contribution in [0.4, 0.5) is 0 Å². The Kier molecular flexibility index (Phi) is 3.26. The Morgan fingerprint density at radius 3 is 2.87 bits per heavy atom. The van der Waals surface area contributed by atoms with Crippen molar-refractivity contribution in [3.05, 3.63) is 11.8 Å². The number of aryl methyl sites for hydroxylation is 1. The lowest BCUT2D eigenvalue weighted by molar-refractivity contribution is 0.106. The summed E-state index contributed by atoms with van der Waals surface area (Å²) in [5, 5.41) is 3.89. The van der Waals surface area contributed by atoms with Crippen LogP contribution in [0.5, 0.6) is 5.88 Å². The second-order valence-corrected chi connectivity index (χ2v) is 4.11. The van der Waals surface area contributed by atoms with E-state index in [1.165, 1.54) is 0 Å². The SMILES string of the molecule is CCc1cc(OC2CCN(C)CC2)no1. The van der Waals surface area contributed by atoms with Gasteiger partial charge in [0.15, 0.2) is 0 Å². The van der Waals surface area contributed by atoms with Crippen LogP contribution in [0.1, 0.15) is 25.5 Å². The second-order valence-electron chi connectivity index (χ2n) is 4.11. The number of hydrogen-bond acceptors (Lipinski definition) is 4. The van der Waals surface area contributed by atoms with E-state index in [1.807, 2.05) is 13.0 Å². The van der Waals surface area contributed by atoms with Crippen molar-refractivity contribution < 1.29 is 9.26 Å². The predicted molar refractivity (Wildman–Crippen MR) is 57.0 cm³/mol. The fourth-order valence-electron chi connectivity index (χ4n) is 1.79. The summed E-state index contributed by atoms with van der Waals surface area (Å²) in [6.07, 6.45) is 3.32. The average Bonchev–Trinajstić information content (AvgIpc) is 2.69. The molecule has 1 aliphatic rings.